The minimum Gasteiger partial charge on any atom is -0.486 e. The van der Waals surface area contributed by atoms with E-state index in [-0.39, 0.29) is 6.61 Å². The minimum atomic E-state index is -0.560. The molecule has 0 fully saturated rings. The highest BCUT2D eigenvalue weighted by Crippen LogP contribution is 2.29. The first kappa shape index (κ1) is 16.1. The average molecular weight is 329 g/mol. The summed E-state index contributed by atoms with van der Waals surface area (Å²) in [6, 6.07) is 5.23. The Morgan fingerprint density at radius 1 is 1.38 bits per heavy atom. The minimum absolute atomic E-state index is 0.288. The molecule has 1 N–H and O–H groups in total. The molecule has 0 aliphatic rings. The van der Waals surface area contributed by atoms with E-state index in [4.69, 9.17) is 27.9 Å². The number of benzene rings is 1. The maximum absolute atomic E-state index is 9.52. The zero-order valence-electron chi connectivity index (χ0n) is 12.2. The van der Waals surface area contributed by atoms with E-state index in [2.05, 4.69) is 5.10 Å². The van der Waals surface area contributed by atoms with E-state index in [9.17, 15) is 5.11 Å². The van der Waals surface area contributed by atoms with Crippen LogP contribution in [-0.4, -0.2) is 14.9 Å². The first-order valence-electron chi connectivity index (χ1n) is 6.74. The van der Waals surface area contributed by atoms with Gasteiger partial charge in [0.1, 0.15) is 12.4 Å². The number of aliphatic hydroxyl groups is 1. The van der Waals surface area contributed by atoms with Crippen molar-refractivity contribution in [3.8, 4) is 5.75 Å². The lowest BCUT2D eigenvalue weighted by atomic mass is 10.1. The molecule has 2 aromatic rings. The fraction of sp³-hybridized carbons (Fsp3) is 0.400. The molecule has 4 nitrogen and oxygen atoms in total. The standard InChI is InChI=1S/C15H18Cl2N2O2/c1-4-12-15(17)13(19(3)18-12)8-21-14-6-5-10(9(2)20)7-11(14)16/h5-7,9,20H,4,8H2,1-3H3/t9-/m1/s1. The molecule has 2 rings (SSSR count). The van der Waals surface area contributed by atoms with Crippen molar-refractivity contribution in [2.75, 3.05) is 0 Å². The molecule has 0 amide bonds. The fourth-order valence-corrected chi connectivity index (χ4v) is 2.61. The SMILES string of the molecule is CCc1nn(C)c(COc2ccc([C@@H](C)O)cc2Cl)c1Cl. The van der Waals surface area contributed by atoms with E-state index >= 15 is 0 Å². The van der Waals surface area contributed by atoms with E-state index in [1.807, 2.05) is 14.0 Å². The molecule has 1 atom stereocenters. The summed E-state index contributed by atoms with van der Waals surface area (Å²) >= 11 is 12.4. The van der Waals surface area contributed by atoms with Gasteiger partial charge in [-0.05, 0) is 31.0 Å². The number of hydrogen-bond donors (Lipinski definition) is 1. The van der Waals surface area contributed by atoms with Gasteiger partial charge in [-0.3, -0.25) is 4.68 Å². The van der Waals surface area contributed by atoms with Crippen molar-refractivity contribution in [1.29, 1.82) is 0 Å². The highest BCUT2D eigenvalue weighted by molar-refractivity contribution is 6.32. The Hall–Kier alpha value is -1.23. The van der Waals surface area contributed by atoms with Crippen molar-refractivity contribution in [3.05, 3.63) is 45.2 Å². The molecule has 1 heterocycles. The third-order valence-electron chi connectivity index (χ3n) is 3.31. The first-order chi connectivity index (χ1) is 9.93. The van der Waals surface area contributed by atoms with Crippen LogP contribution < -0.4 is 4.74 Å². The Morgan fingerprint density at radius 3 is 2.62 bits per heavy atom. The lowest BCUT2D eigenvalue weighted by Crippen LogP contribution is -2.04. The Balaban J connectivity index is 2.15. The Bertz CT molecular complexity index is 639. The monoisotopic (exact) mass is 328 g/mol. The van der Waals surface area contributed by atoms with E-state index in [1.165, 1.54) is 0 Å². The molecule has 0 spiro atoms. The van der Waals surface area contributed by atoms with Gasteiger partial charge in [0.2, 0.25) is 0 Å². The maximum Gasteiger partial charge on any atom is 0.138 e. The summed E-state index contributed by atoms with van der Waals surface area (Å²) in [6.45, 7) is 3.98. The van der Waals surface area contributed by atoms with Gasteiger partial charge in [-0.2, -0.15) is 5.10 Å². The lowest BCUT2D eigenvalue weighted by Gasteiger charge is -2.11. The number of ether oxygens (including phenoxy) is 1. The van der Waals surface area contributed by atoms with Gasteiger partial charge in [0.15, 0.2) is 0 Å². The number of aliphatic hydroxyl groups excluding tert-OH is 1. The second kappa shape index (κ2) is 6.69. The number of rotatable bonds is 5. The predicted molar refractivity (Wildman–Crippen MR) is 84.0 cm³/mol. The van der Waals surface area contributed by atoms with Crippen LogP contribution in [0.3, 0.4) is 0 Å². The summed E-state index contributed by atoms with van der Waals surface area (Å²) in [6.07, 6.45) is 0.214. The zero-order chi connectivity index (χ0) is 15.6. The van der Waals surface area contributed by atoms with Crippen LogP contribution in [0.15, 0.2) is 18.2 Å². The Labute approximate surface area is 134 Å². The van der Waals surface area contributed by atoms with Gasteiger partial charge in [0.25, 0.3) is 0 Å². The van der Waals surface area contributed by atoms with Crippen molar-refractivity contribution < 1.29 is 9.84 Å². The van der Waals surface area contributed by atoms with E-state index in [0.717, 1.165) is 23.4 Å². The van der Waals surface area contributed by atoms with Crippen molar-refractivity contribution >= 4 is 23.2 Å². The number of aromatic nitrogens is 2. The van der Waals surface area contributed by atoms with Gasteiger partial charge in [-0.25, -0.2) is 0 Å². The maximum atomic E-state index is 9.52. The van der Waals surface area contributed by atoms with E-state index < -0.39 is 6.10 Å². The second-order valence-electron chi connectivity index (χ2n) is 4.84. The average Bonchev–Trinajstić information content (AvgIpc) is 2.72. The quantitative estimate of drug-likeness (QED) is 0.904. The van der Waals surface area contributed by atoms with Crippen molar-refractivity contribution in [2.45, 2.75) is 33.0 Å². The molecule has 0 aliphatic heterocycles. The highest BCUT2D eigenvalue weighted by atomic mass is 35.5. The van der Waals surface area contributed by atoms with Gasteiger partial charge in [-0.15, -0.1) is 0 Å². The van der Waals surface area contributed by atoms with Crippen molar-refractivity contribution in [2.24, 2.45) is 7.05 Å². The molecule has 0 bridgehead atoms. The molecule has 6 heteroatoms. The molecule has 0 radical (unpaired) electrons. The van der Waals surface area contributed by atoms with Crippen LogP contribution >= 0.6 is 23.2 Å². The number of hydrogen-bond acceptors (Lipinski definition) is 3. The number of nitrogens with zero attached hydrogens (tertiary/aromatic N) is 2. The fourth-order valence-electron chi connectivity index (χ4n) is 2.02. The third kappa shape index (κ3) is 3.51. The molecule has 0 saturated heterocycles. The van der Waals surface area contributed by atoms with E-state index in [0.29, 0.717) is 15.8 Å². The van der Waals surface area contributed by atoms with Crippen LogP contribution in [0.1, 0.15) is 36.9 Å². The van der Waals surface area contributed by atoms with Crippen LogP contribution in [0.4, 0.5) is 0 Å². The summed E-state index contributed by atoms with van der Waals surface area (Å²) < 4.78 is 7.44. The van der Waals surface area contributed by atoms with Crippen molar-refractivity contribution in [3.63, 3.8) is 0 Å². The molecule has 0 unspecified atom stereocenters. The van der Waals surface area contributed by atoms with Crippen molar-refractivity contribution in [1.82, 2.24) is 9.78 Å². The van der Waals surface area contributed by atoms with Crippen LogP contribution in [0, 0.1) is 0 Å². The largest absolute Gasteiger partial charge is 0.486 e. The third-order valence-corrected chi connectivity index (χ3v) is 4.04. The van der Waals surface area contributed by atoms with Gasteiger partial charge in [0.05, 0.1) is 27.5 Å². The molecule has 114 valence electrons. The molecule has 1 aromatic carbocycles. The van der Waals surface area contributed by atoms with Gasteiger partial charge < -0.3 is 9.84 Å². The zero-order valence-corrected chi connectivity index (χ0v) is 13.7. The lowest BCUT2D eigenvalue weighted by molar-refractivity contribution is 0.199. The summed E-state index contributed by atoms with van der Waals surface area (Å²) in [5.41, 5.74) is 2.41. The van der Waals surface area contributed by atoms with Crippen LogP contribution in [0.5, 0.6) is 5.75 Å². The summed E-state index contributed by atoms with van der Waals surface area (Å²) in [5.74, 6) is 0.552. The van der Waals surface area contributed by atoms with Gasteiger partial charge in [-0.1, -0.05) is 36.2 Å². The van der Waals surface area contributed by atoms with Crippen LogP contribution in [0.25, 0.3) is 0 Å². The predicted octanol–water partition coefficient (Wildman–Crippen LogP) is 3.92. The topological polar surface area (TPSA) is 47.3 Å². The summed E-state index contributed by atoms with van der Waals surface area (Å²) in [7, 11) is 1.84. The van der Waals surface area contributed by atoms with Crippen LogP contribution in [0.2, 0.25) is 10.0 Å². The smallest absolute Gasteiger partial charge is 0.138 e. The Kier molecular flexibility index (Phi) is 5.14. The highest BCUT2D eigenvalue weighted by Gasteiger charge is 2.14. The van der Waals surface area contributed by atoms with Gasteiger partial charge in [0, 0.05) is 7.05 Å². The first-order valence-corrected chi connectivity index (χ1v) is 7.50. The molecule has 21 heavy (non-hydrogen) atoms. The molecule has 0 aliphatic carbocycles. The summed E-state index contributed by atoms with van der Waals surface area (Å²) in [4.78, 5) is 0. The number of halogens is 2. The summed E-state index contributed by atoms with van der Waals surface area (Å²) in [5, 5.41) is 15.0. The molecular weight excluding hydrogens is 311 g/mol. The molecule has 1 aromatic heterocycles. The van der Waals surface area contributed by atoms with Gasteiger partial charge >= 0.3 is 0 Å². The molecule has 0 saturated carbocycles. The normalized spacial score (nSPS) is 12.5. The number of aryl methyl sites for hydroxylation is 2. The van der Waals surface area contributed by atoms with E-state index in [1.54, 1.807) is 29.8 Å². The molecular formula is C15H18Cl2N2O2. The van der Waals surface area contributed by atoms with Crippen LogP contribution in [-0.2, 0) is 20.1 Å². The Morgan fingerprint density at radius 2 is 2.10 bits per heavy atom. The second-order valence-corrected chi connectivity index (χ2v) is 5.62.